The molecule has 0 spiro atoms. The van der Waals surface area contributed by atoms with Crippen LogP contribution in [0.5, 0.6) is 0 Å². The van der Waals surface area contributed by atoms with Gasteiger partial charge in [0.15, 0.2) is 5.16 Å². The molecule has 3 aromatic rings. The molecule has 5 nitrogen and oxygen atoms in total. The van der Waals surface area contributed by atoms with E-state index in [4.69, 9.17) is 4.52 Å². The lowest BCUT2D eigenvalue weighted by Gasteiger charge is -2.17. The third-order valence-corrected chi connectivity index (χ3v) is 6.23. The van der Waals surface area contributed by atoms with Crippen LogP contribution in [0.25, 0.3) is 10.2 Å². The largest absolute Gasteiger partial charge is 0.361 e. The first-order chi connectivity index (χ1) is 11.1. The highest BCUT2D eigenvalue weighted by Gasteiger charge is 2.23. The SMILES string of the molecule is Cc1cc(CSc2nc3sc4c(c3c(=O)[nH]2)CC[C@@H](C)C4)no1. The lowest BCUT2D eigenvalue weighted by atomic mass is 9.89. The van der Waals surface area contributed by atoms with Gasteiger partial charge in [0.2, 0.25) is 0 Å². The Balaban J connectivity index is 1.66. The summed E-state index contributed by atoms with van der Waals surface area (Å²) in [6.07, 6.45) is 3.21. The number of H-pyrrole nitrogens is 1. The molecule has 0 radical (unpaired) electrons. The Morgan fingerprint density at radius 1 is 1.52 bits per heavy atom. The minimum Gasteiger partial charge on any atom is -0.361 e. The van der Waals surface area contributed by atoms with Gasteiger partial charge in [-0.3, -0.25) is 4.79 Å². The molecule has 3 heterocycles. The fraction of sp³-hybridized carbons (Fsp3) is 0.438. The summed E-state index contributed by atoms with van der Waals surface area (Å²) in [4.78, 5) is 22.3. The van der Waals surface area contributed by atoms with Crippen LogP contribution in [0.3, 0.4) is 0 Å². The molecule has 0 saturated heterocycles. The second-order valence-electron chi connectivity index (χ2n) is 6.12. The summed E-state index contributed by atoms with van der Waals surface area (Å²) in [5, 5.41) is 5.42. The number of aromatic nitrogens is 3. The summed E-state index contributed by atoms with van der Waals surface area (Å²) >= 11 is 3.16. The molecule has 0 aliphatic heterocycles. The van der Waals surface area contributed by atoms with Gasteiger partial charge in [-0.05, 0) is 37.7 Å². The van der Waals surface area contributed by atoms with Crippen molar-refractivity contribution >= 4 is 33.3 Å². The van der Waals surface area contributed by atoms with E-state index < -0.39 is 0 Å². The Bertz CT molecular complexity index is 925. The van der Waals surface area contributed by atoms with Crippen molar-refractivity contribution < 1.29 is 4.52 Å². The fourth-order valence-electron chi connectivity index (χ4n) is 3.03. The quantitative estimate of drug-likeness (QED) is 0.578. The molecule has 0 unspecified atom stereocenters. The maximum absolute atomic E-state index is 12.5. The molecule has 0 fully saturated rings. The lowest BCUT2D eigenvalue weighted by molar-refractivity contribution is 0.393. The summed E-state index contributed by atoms with van der Waals surface area (Å²) < 4.78 is 5.06. The second kappa shape index (κ2) is 5.79. The van der Waals surface area contributed by atoms with Crippen LogP contribution in [-0.4, -0.2) is 15.1 Å². The maximum atomic E-state index is 12.5. The predicted octanol–water partition coefficient (Wildman–Crippen LogP) is 3.70. The highest BCUT2D eigenvalue weighted by atomic mass is 32.2. The van der Waals surface area contributed by atoms with Gasteiger partial charge in [-0.2, -0.15) is 0 Å². The monoisotopic (exact) mass is 347 g/mol. The summed E-state index contributed by atoms with van der Waals surface area (Å²) in [6.45, 7) is 4.14. The number of hydrogen-bond acceptors (Lipinski definition) is 6. The Labute approximate surface area is 141 Å². The van der Waals surface area contributed by atoms with E-state index in [1.54, 1.807) is 11.3 Å². The smallest absolute Gasteiger partial charge is 0.260 e. The van der Waals surface area contributed by atoms with E-state index in [0.717, 1.165) is 40.9 Å². The van der Waals surface area contributed by atoms with Gasteiger partial charge in [-0.1, -0.05) is 23.8 Å². The second-order valence-corrected chi connectivity index (χ2v) is 8.17. The molecule has 0 bridgehead atoms. The third-order valence-electron chi connectivity index (χ3n) is 4.18. The fourth-order valence-corrected chi connectivity index (χ4v) is 5.21. The minimum absolute atomic E-state index is 0.0131. The topological polar surface area (TPSA) is 71.8 Å². The Kier molecular flexibility index (Phi) is 3.77. The molecule has 3 aromatic heterocycles. The molecule has 1 aliphatic rings. The zero-order valence-electron chi connectivity index (χ0n) is 13.0. The van der Waals surface area contributed by atoms with E-state index in [2.05, 4.69) is 22.0 Å². The number of aromatic amines is 1. The minimum atomic E-state index is -0.0131. The van der Waals surface area contributed by atoms with Crippen LogP contribution in [0.15, 0.2) is 20.5 Å². The van der Waals surface area contributed by atoms with Gasteiger partial charge in [0.05, 0.1) is 11.1 Å². The number of hydrogen-bond donors (Lipinski definition) is 1. The number of aryl methyl sites for hydroxylation is 2. The third kappa shape index (κ3) is 2.83. The zero-order chi connectivity index (χ0) is 16.0. The highest BCUT2D eigenvalue weighted by Crippen LogP contribution is 2.36. The summed E-state index contributed by atoms with van der Waals surface area (Å²) in [5.74, 6) is 2.12. The molecular formula is C16H17N3O2S2. The molecule has 0 aromatic carbocycles. The normalized spacial score (nSPS) is 17.6. The van der Waals surface area contributed by atoms with Gasteiger partial charge in [-0.25, -0.2) is 4.98 Å². The number of rotatable bonds is 3. The lowest BCUT2D eigenvalue weighted by Crippen LogP contribution is -2.13. The van der Waals surface area contributed by atoms with Crippen LogP contribution in [0.1, 0.15) is 35.2 Å². The highest BCUT2D eigenvalue weighted by molar-refractivity contribution is 7.98. The molecule has 4 rings (SSSR count). The summed E-state index contributed by atoms with van der Waals surface area (Å²) in [5.41, 5.74) is 2.07. The number of nitrogens with zero attached hydrogens (tertiary/aromatic N) is 2. The first-order valence-electron chi connectivity index (χ1n) is 7.69. The average molecular weight is 347 g/mol. The van der Waals surface area contributed by atoms with Crippen molar-refractivity contribution in [1.82, 2.24) is 15.1 Å². The average Bonchev–Trinajstić information content (AvgIpc) is 3.07. The maximum Gasteiger partial charge on any atom is 0.260 e. The van der Waals surface area contributed by atoms with E-state index in [0.29, 0.717) is 16.8 Å². The van der Waals surface area contributed by atoms with Crippen molar-refractivity contribution in [2.45, 2.75) is 44.0 Å². The molecule has 120 valence electrons. The van der Waals surface area contributed by atoms with Crippen molar-refractivity contribution in [3.8, 4) is 0 Å². The van der Waals surface area contributed by atoms with Gasteiger partial charge in [0.1, 0.15) is 10.6 Å². The van der Waals surface area contributed by atoms with Crippen LogP contribution in [-0.2, 0) is 18.6 Å². The van der Waals surface area contributed by atoms with Crippen molar-refractivity contribution in [2.75, 3.05) is 0 Å². The number of fused-ring (bicyclic) bond motifs is 3. The van der Waals surface area contributed by atoms with Gasteiger partial charge < -0.3 is 9.51 Å². The van der Waals surface area contributed by atoms with Gasteiger partial charge in [-0.15, -0.1) is 11.3 Å². The first kappa shape index (κ1) is 15.0. The van der Waals surface area contributed by atoms with E-state index >= 15 is 0 Å². The van der Waals surface area contributed by atoms with Crippen LogP contribution in [0.4, 0.5) is 0 Å². The van der Waals surface area contributed by atoms with Crippen molar-refractivity contribution in [2.24, 2.45) is 5.92 Å². The molecule has 7 heteroatoms. The van der Waals surface area contributed by atoms with Gasteiger partial charge in [0, 0.05) is 16.7 Å². The Morgan fingerprint density at radius 3 is 3.17 bits per heavy atom. The van der Waals surface area contributed by atoms with Crippen LogP contribution in [0, 0.1) is 12.8 Å². The van der Waals surface area contributed by atoms with Gasteiger partial charge >= 0.3 is 0 Å². The van der Waals surface area contributed by atoms with Crippen molar-refractivity contribution in [3.05, 3.63) is 38.3 Å². The first-order valence-corrected chi connectivity index (χ1v) is 9.50. The molecule has 1 N–H and O–H groups in total. The Morgan fingerprint density at radius 2 is 2.39 bits per heavy atom. The van der Waals surface area contributed by atoms with Crippen LogP contribution >= 0.6 is 23.1 Å². The summed E-state index contributed by atoms with van der Waals surface area (Å²) in [6, 6.07) is 1.90. The van der Waals surface area contributed by atoms with Crippen LogP contribution < -0.4 is 5.56 Å². The number of thioether (sulfide) groups is 1. The van der Waals surface area contributed by atoms with Crippen molar-refractivity contribution in [3.63, 3.8) is 0 Å². The van der Waals surface area contributed by atoms with E-state index in [-0.39, 0.29) is 5.56 Å². The molecule has 1 atom stereocenters. The zero-order valence-corrected chi connectivity index (χ0v) is 14.6. The van der Waals surface area contributed by atoms with E-state index in [1.165, 1.54) is 22.2 Å². The standard InChI is InChI=1S/C16H17N3O2S2/c1-8-3-4-11-12(5-8)23-15-13(11)14(20)17-16(18-15)22-7-10-6-9(2)21-19-10/h6,8H,3-5,7H2,1-2H3,(H,17,18,20)/t8-/m1/s1. The van der Waals surface area contributed by atoms with Gasteiger partial charge in [0.25, 0.3) is 5.56 Å². The van der Waals surface area contributed by atoms with Crippen LogP contribution in [0.2, 0.25) is 0 Å². The van der Waals surface area contributed by atoms with E-state index in [9.17, 15) is 4.79 Å². The molecule has 1 aliphatic carbocycles. The molecule has 0 saturated carbocycles. The molecule has 0 amide bonds. The Hall–Kier alpha value is -1.60. The molecule has 23 heavy (non-hydrogen) atoms. The molecular weight excluding hydrogens is 330 g/mol. The van der Waals surface area contributed by atoms with Crippen molar-refractivity contribution in [1.29, 1.82) is 0 Å². The predicted molar refractivity (Wildman–Crippen MR) is 92.2 cm³/mol. The van der Waals surface area contributed by atoms with E-state index in [1.807, 2.05) is 13.0 Å². The number of nitrogens with one attached hydrogen (secondary N) is 1. The summed E-state index contributed by atoms with van der Waals surface area (Å²) in [7, 11) is 0. The number of thiophene rings is 1.